The lowest BCUT2D eigenvalue weighted by molar-refractivity contribution is -0.142. The molecule has 0 radical (unpaired) electrons. The summed E-state index contributed by atoms with van der Waals surface area (Å²) >= 11 is 3.53. The molecule has 0 aliphatic heterocycles. The van der Waals surface area contributed by atoms with E-state index in [1.165, 1.54) is 4.90 Å². The zero-order valence-corrected chi connectivity index (χ0v) is 19.7. The van der Waals surface area contributed by atoms with Gasteiger partial charge in [0.05, 0.1) is 7.11 Å². The standard InChI is InChI=1S/C23H29BrN2O4/c1-6-25-23(28)17(4)26(13-18-8-7-9-19(12-18)29-5)21(27)14-30-20-10-15(2)22(24)16(3)11-20/h7-12,17H,6,13-14H2,1-5H3,(H,25,28). The van der Waals surface area contributed by atoms with Crippen molar-refractivity contribution in [1.82, 2.24) is 10.2 Å². The van der Waals surface area contributed by atoms with Gasteiger partial charge >= 0.3 is 0 Å². The van der Waals surface area contributed by atoms with E-state index in [-0.39, 0.29) is 25.0 Å². The predicted octanol–water partition coefficient (Wildman–Crippen LogP) is 4.01. The zero-order chi connectivity index (χ0) is 22.3. The highest BCUT2D eigenvalue weighted by Gasteiger charge is 2.26. The number of aryl methyl sites for hydroxylation is 2. The number of halogens is 1. The van der Waals surface area contributed by atoms with Crippen LogP contribution in [0.15, 0.2) is 40.9 Å². The normalized spacial score (nSPS) is 11.5. The molecule has 1 N–H and O–H groups in total. The second kappa shape index (κ2) is 11.0. The number of amides is 2. The smallest absolute Gasteiger partial charge is 0.261 e. The maximum atomic E-state index is 13.0. The fourth-order valence-electron chi connectivity index (χ4n) is 3.09. The van der Waals surface area contributed by atoms with E-state index in [2.05, 4.69) is 21.2 Å². The van der Waals surface area contributed by atoms with Crippen LogP contribution < -0.4 is 14.8 Å². The molecule has 6 nitrogen and oxygen atoms in total. The van der Waals surface area contributed by atoms with E-state index in [0.717, 1.165) is 21.2 Å². The van der Waals surface area contributed by atoms with Crippen LogP contribution in [-0.2, 0) is 16.1 Å². The van der Waals surface area contributed by atoms with E-state index in [4.69, 9.17) is 9.47 Å². The molecule has 2 amide bonds. The number of ether oxygens (including phenoxy) is 2. The van der Waals surface area contributed by atoms with Gasteiger partial charge in [-0.1, -0.05) is 28.1 Å². The monoisotopic (exact) mass is 476 g/mol. The Morgan fingerprint density at radius 3 is 2.40 bits per heavy atom. The molecule has 2 rings (SSSR count). The molecule has 30 heavy (non-hydrogen) atoms. The molecule has 0 bridgehead atoms. The Hall–Kier alpha value is -2.54. The van der Waals surface area contributed by atoms with Gasteiger partial charge in [0.25, 0.3) is 5.91 Å². The van der Waals surface area contributed by atoms with Crippen molar-refractivity contribution < 1.29 is 19.1 Å². The molecule has 1 unspecified atom stereocenters. The Bertz CT molecular complexity index is 878. The fourth-order valence-corrected chi connectivity index (χ4v) is 3.32. The van der Waals surface area contributed by atoms with Crippen molar-refractivity contribution in [1.29, 1.82) is 0 Å². The summed E-state index contributed by atoms with van der Waals surface area (Å²) in [6.45, 7) is 8.12. The third-order valence-corrected chi connectivity index (χ3v) is 6.03. The summed E-state index contributed by atoms with van der Waals surface area (Å²) in [5.74, 6) is 0.843. The number of rotatable bonds is 9. The van der Waals surface area contributed by atoms with Crippen LogP contribution in [0, 0.1) is 13.8 Å². The van der Waals surface area contributed by atoms with Gasteiger partial charge in [0.1, 0.15) is 17.5 Å². The van der Waals surface area contributed by atoms with Crippen molar-refractivity contribution in [3.8, 4) is 11.5 Å². The van der Waals surface area contributed by atoms with Gasteiger partial charge in [0.15, 0.2) is 6.61 Å². The summed E-state index contributed by atoms with van der Waals surface area (Å²) in [5, 5.41) is 2.78. The maximum absolute atomic E-state index is 13.0. The Kier molecular flexibility index (Phi) is 8.72. The number of likely N-dealkylation sites (N-methyl/N-ethyl adjacent to an activating group) is 1. The molecule has 0 saturated heterocycles. The minimum absolute atomic E-state index is 0.159. The summed E-state index contributed by atoms with van der Waals surface area (Å²) < 4.78 is 12.1. The van der Waals surface area contributed by atoms with Crippen molar-refractivity contribution in [3.05, 3.63) is 57.6 Å². The predicted molar refractivity (Wildman–Crippen MR) is 121 cm³/mol. The molecule has 2 aromatic rings. The molecule has 1 atom stereocenters. The second-order valence-corrected chi connectivity index (χ2v) is 7.90. The minimum atomic E-state index is -0.638. The molecule has 0 aliphatic rings. The quantitative estimate of drug-likeness (QED) is 0.593. The van der Waals surface area contributed by atoms with E-state index in [1.807, 2.05) is 57.2 Å². The molecule has 0 fully saturated rings. The summed E-state index contributed by atoms with van der Waals surface area (Å²) in [5.41, 5.74) is 2.93. The fraction of sp³-hybridized carbons (Fsp3) is 0.391. The van der Waals surface area contributed by atoms with Crippen molar-refractivity contribution in [2.45, 2.75) is 40.3 Å². The summed E-state index contributed by atoms with van der Waals surface area (Å²) in [7, 11) is 1.59. The van der Waals surface area contributed by atoms with Crippen LogP contribution in [0.4, 0.5) is 0 Å². The van der Waals surface area contributed by atoms with Crippen LogP contribution in [0.1, 0.15) is 30.5 Å². The van der Waals surface area contributed by atoms with E-state index < -0.39 is 6.04 Å². The average Bonchev–Trinajstić information content (AvgIpc) is 2.73. The van der Waals surface area contributed by atoms with Gasteiger partial charge in [0, 0.05) is 17.6 Å². The van der Waals surface area contributed by atoms with Gasteiger partial charge in [-0.25, -0.2) is 0 Å². The molecule has 2 aromatic carbocycles. The van der Waals surface area contributed by atoms with Crippen molar-refractivity contribution in [3.63, 3.8) is 0 Å². The largest absolute Gasteiger partial charge is 0.497 e. The summed E-state index contributed by atoms with van der Waals surface area (Å²) in [6, 6.07) is 10.6. The number of methoxy groups -OCH3 is 1. The van der Waals surface area contributed by atoms with Crippen LogP contribution >= 0.6 is 15.9 Å². The molecular weight excluding hydrogens is 448 g/mol. The molecule has 162 valence electrons. The highest BCUT2D eigenvalue weighted by atomic mass is 79.9. The van der Waals surface area contributed by atoms with Crippen molar-refractivity contribution >= 4 is 27.7 Å². The van der Waals surface area contributed by atoms with Gasteiger partial charge < -0.3 is 19.7 Å². The van der Waals surface area contributed by atoms with Crippen LogP contribution in [0.3, 0.4) is 0 Å². The van der Waals surface area contributed by atoms with Crippen LogP contribution in [0.25, 0.3) is 0 Å². The summed E-state index contributed by atoms with van der Waals surface area (Å²) in [6.07, 6.45) is 0. The number of hydrogen-bond donors (Lipinski definition) is 1. The van der Waals surface area contributed by atoms with Crippen LogP contribution in [0.2, 0.25) is 0 Å². The van der Waals surface area contributed by atoms with E-state index in [1.54, 1.807) is 14.0 Å². The van der Waals surface area contributed by atoms with Crippen molar-refractivity contribution in [2.75, 3.05) is 20.3 Å². The molecule has 0 spiro atoms. The van der Waals surface area contributed by atoms with E-state index in [9.17, 15) is 9.59 Å². The molecule has 0 aromatic heterocycles. The molecule has 0 saturated carbocycles. The average molecular weight is 477 g/mol. The molecule has 0 aliphatic carbocycles. The lowest BCUT2D eigenvalue weighted by Crippen LogP contribution is -2.49. The number of nitrogens with one attached hydrogen (secondary N) is 1. The first kappa shape index (κ1) is 23.7. The Morgan fingerprint density at radius 2 is 1.80 bits per heavy atom. The Balaban J connectivity index is 2.19. The number of carbonyl (C=O) groups excluding carboxylic acids is 2. The number of carbonyl (C=O) groups is 2. The maximum Gasteiger partial charge on any atom is 0.261 e. The Labute approximate surface area is 186 Å². The zero-order valence-electron chi connectivity index (χ0n) is 18.1. The van der Waals surface area contributed by atoms with Gasteiger partial charge in [0.2, 0.25) is 5.91 Å². The molecule has 0 heterocycles. The first-order valence-corrected chi connectivity index (χ1v) is 10.7. The third-order valence-electron chi connectivity index (χ3n) is 4.78. The number of nitrogens with zero attached hydrogens (tertiary/aromatic N) is 1. The molecule has 7 heteroatoms. The summed E-state index contributed by atoms with van der Waals surface area (Å²) in [4.78, 5) is 27.0. The topological polar surface area (TPSA) is 67.9 Å². The van der Waals surface area contributed by atoms with Gasteiger partial charge in [-0.2, -0.15) is 0 Å². The lowest BCUT2D eigenvalue weighted by atomic mass is 10.1. The minimum Gasteiger partial charge on any atom is -0.497 e. The van der Waals surface area contributed by atoms with Crippen LogP contribution in [0.5, 0.6) is 11.5 Å². The van der Waals surface area contributed by atoms with E-state index in [0.29, 0.717) is 18.0 Å². The van der Waals surface area contributed by atoms with Gasteiger partial charge in [-0.05, 0) is 68.7 Å². The van der Waals surface area contributed by atoms with E-state index >= 15 is 0 Å². The van der Waals surface area contributed by atoms with Crippen molar-refractivity contribution in [2.24, 2.45) is 0 Å². The third kappa shape index (κ3) is 6.23. The first-order valence-electron chi connectivity index (χ1n) is 9.86. The number of benzene rings is 2. The highest BCUT2D eigenvalue weighted by molar-refractivity contribution is 9.10. The lowest BCUT2D eigenvalue weighted by Gasteiger charge is -2.28. The van der Waals surface area contributed by atoms with Gasteiger partial charge in [-0.3, -0.25) is 9.59 Å². The van der Waals surface area contributed by atoms with Crippen LogP contribution in [-0.4, -0.2) is 43.0 Å². The Morgan fingerprint density at radius 1 is 1.13 bits per heavy atom. The van der Waals surface area contributed by atoms with Gasteiger partial charge in [-0.15, -0.1) is 0 Å². The highest BCUT2D eigenvalue weighted by Crippen LogP contribution is 2.26. The number of hydrogen-bond acceptors (Lipinski definition) is 4. The second-order valence-electron chi connectivity index (χ2n) is 7.10. The molecular formula is C23H29BrN2O4. The first-order chi connectivity index (χ1) is 14.3. The SMILES string of the molecule is CCNC(=O)C(C)N(Cc1cccc(OC)c1)C(=O)COc1cc(C)c(Br)c(C)c1.